The van der Waals surface area contributed by atoms with Gasteiger partial charge in [0.15, 0.2) is 0 Å². The third kappa shape index (κ3) is 2.85. The molecule has 0 N–H and O–H groups in total. The quantitative estimate of drug-likeness (QED) is 0.835. The summed E-state index contributed by atoms with van der Waals surface area (Å²) in [5.74, 6) is 2.47. The van der Waals surface area contributed by atoms with Crippen molar-refractivity contribution in [2.24, 2.45) is 11.8 Å². The second kappa shape index (κ2) is 6.32. The van der Waals surface area contributed by atoms with Gasteiger partial charge in [0, 0.05) is 32.2 Å². The number of benzene rings is 1. The summed E-state index contributed by atoms with van der Waals surface area (Å²) < 4.78 is 32.4. The predicted molar refractivity (Wildman–Crippen MR) is 92.6 cm³/mol. The van der Waals surface area contributed by atoms with Gasteiger partial charge in [0.2, 0.25) is 10.0 Å². The van der Waals surface area contributed by atoms with Gasteiger partial charge in [-0.25, -0.2) is 8.42 Å². The fourth-order valence-corrected chi connectivity index (χ4v) is 6.25. The third-order valence-corrected chi connectivity index (χ3v) is 8.05. The van der Waals surface area contributed by atoms with Crippen molar-refractivity contribution in [2.45, 2.75) is 36.6 Å². The molecule has 1 aliphatic heterocycles. The second-order valence-corrected chi connectivity index (χ2v) is 9.30. The molecule has 5 nitrogen and oxygen atoms in total. The molecule has 3 fully saturated rings. The van der Waals surface area contributed by atoms with Crippen molar-refractivity contribution < 1.29 is 13.2 Å². The van der Waals surface area contributed by atoms with E-state index < -0.39 is 10.0 Å². The molecule has 24 heavy (non-hydrogen) atoms. The van der Waals surface area contributed by atoms with E-state index in [0.29, 0.717) is 29.8 Å². The van der Waals surface area contributed by atoms with Gasteiger partial charge in [-0.05, 0) is 55.4 Å². The van der Waals surface area contributed by atoms with Crippen LogP contribution in [-0.4, -0.2) is 57.0 Å². The Bertz CT molecular complexity index is 681. The molecule has 0 radical (unpaired) electrons. The molecule has 132 valence electrons. The molecule has 1 aromatic carbocycles. The molecule has 1 heterocycles. The largest absolute Gasteiger partial charge is 0.497 e. The number of methoxy groups -OCH3 is 1. The van der Waals surface area contributed by atoms with Crippen molar-refractivity contribution in [1.82, 2.24) is 9.21 Å². The minimum atomic E-state index is -3.39. The molecule has 2 aliphatic carbocycles. The van der Waals surface area contributed by atoms with E-state index in [2.05, 4.69) is 4.90 Å². The second-order valence-electron chi connectivity index (χ2n) is 7.36. The molecule has 6 heteroatoms. The van der Waals surface area contributed by atoms with Crippen LogP contribution in [0.1, 0.15) is 25.7 Å². The number of nitrogens with zero attached hydrogens (tertiary/aromatic N) is 2. The SMILES string of the molecule is COc1ccc(S(=O)(=O)N2CCN([C@H]3C[C@@H]4CC[C@@H]3C4)CC2)cc1. The smallest absolute Gasteiger partial charge is 0.243 e. The summed E-state index contributed by atoms with van der Waals surface area (Å²) in [6.45, 7) is 2.93. The lowest BCUT2D eigenvalue weighted by Crippen LogP contribution is -2.53. The average Bonchev–Trinajstić information content (AvgIpc) is 3.25. The maximum atomic E-state index is 12.8. The first-order chi connectivity index (χ1) is 11.6. The van der Waals surface area contributed by atoms with Crippen molar-refractivity contribution in [2.75, 3.05) is 33.3 Å². The van der Waals surface area contributed by atoms with Crippen molar-refractivity contribution >= 4 is 10.0 Å². The molecule has 1 aromatic rings. The van der Waals surface area contributed by atoms with E-state index in [1.807, 2.05) is 0 Å². The van der Waals surface area contributed by atoms with Crippen LogP contribution in [0.25, 0.3) is 0 Å². The maximum Gasteiger partial charge on any atom is 0.243 e. The number of ether oxygens (including phenoxy) is 1. The molecule has 4 rings (SSSR count). The van der Waals surface area contributed by atoms with Crippen LogP contribution < -0.4 is 4.74 Å². The topological polar surface area (TPSA) is 49.9 Å². The number of hydrogen-bond acceptors (Lipinski definition) is 4. The van der Waals surface area contributed by atoms with E-state index >= 15 is 0 Å². The minimum Gasteiger partial charge on any atom is -0.497 e. The van der Waals surface area contributed by atoms with Gasteiger partial charge in [0.05, 0.1) is 12.0 Å². The van der Waals surface area contributed by atoms with Crippen LogP contribution in [0, 0.1) is 11.8 Å². The van der Waals surface area contributed by atoms with Crippen molar-refractivity contribution in [1.29, 1.82) is 0 Å². The van der Waals surface area contributed by atoms with Gasteiger partial charge in [0.25, 0.3) is 0 Å². The Hall–Kier alpha value is -1.11. The molecule has 0 spiro atoms. The normalized spacial score (nSPS) is 31.5. The summed E-state index contributed by atoms with van der Waals surface area (Å²) in [4.78, 5) is 2.90. The molecule has 0 aromatic heterocycles. The summed E-state index contributed by atoms with van der Waals surface area (Å²) in [6.07, 6.45) is 5.51. The first-order valence-corrected chi connectivity index (χ1v) is 10.4. The van der Waals surface area contributed by atoms with E-state index in [1.165, 1.54) is 25.7 Å². The van der Waals surface area contributed by atoms with E-state index in [0.717, 1.165) is 24.9 Å². The fourth-order valence-electron chi connectivity index (χ4n) is 4.83. The first kappa shape index (κ1) is 16.4. The van der Waals surface area contributed by atoms with Gasteiger partial charge >= 0.3 is 0 Å². The van der Waals surface area contributed by atoms with Gasteiger partial charge < -0.3 is 4.74 Å². The van der Waals surface area contributed by atoms with E-state index in [1.54, 1.807) is 35.7 Å². The Balaban J connectivity index is 1.41. The number of piperazine rings is 1. The minimum absolute atomic E-state index is 0.358. The lowest BCUT2D eigenvalue weighted by atomic mass is 9.93. The van der Waals surface area contributed by atoms with Crippen LogP contribution in [0.3, 0.4) is 0 Å². The van der Waals surface area contributed by atoms with Gasteiger partial charge in [0.1, 0.15) is 5.75 Å². The Kier molecular flexibility index (Phi) is 4.31. The van der Waals surface area contributed by atoms with Gasteiger partial charge in [-0.1, -0.05) is 6.42 Å². The van der Waals surface area contributed by atoms with Crippen molar-refractivity contribution in [3.63, 3.8) is 0 Å². The molecular formula is C18H26N2O3S. The van der Waals surface area contributed by atoms with Crippen molar-refractivity contribution in [3.05, 3.63) is 24.3 Å². The highest BCUT2D eigenvalue weighted by molar-refractivity contribution is 7.89. The third-order valence-electron chi connectivity index (χ3n) is 6.14. The number of fused-ring (bicyclic) bond motifs is 2. The van der Waals surface area contributed by atoms with Crippen molar-refractivity contribution in [3.8, 4) is 5.75 Å². The highest BCUT2D eigenvalue weighted by Crippen LogP contribution is 2.46. The zero-order valence-corrected chi connectivity index (χ0v) is 15.0. The summed E-state index contributed by atoms with van der Waals surface area (Å²) in [6, 6.07) is 7.39. The molecule has 2 bridgehead atoms. The number of hydrogen-bond donors (Lipinski definition) is 0. The van der Waals surface area contributed by atoms with E-state index in [4.69, 9.17) is 4.74 Å². The molecule has 0 amide bonds. The lowest BCUT2D eigenvalue weighted by molar-refractivity contribution is 0.101. The molecule has 3 aliphatic rings. The molecule has 1 saturated heterocycles. The standard InChI is InChI=1S/C18H26N2O3S/c1-23-16-4-6-17(7-5-16)24(21,22)20-10-8-19(9-11-20)18-13-14-2-3-15(18)12-14/h4-7,14-15,18H,2-3,8-13H2,1H3/t14-,15-,18+/m1/s1. The highest BCUT2D eigenvalue weighted by atomic mass is 32.2. The van der Waals surface area contributed by atoms with Gasteiger partial charge in [-0.15, -0.1) is 0 Å². The van der Waals surface area contributed by atoms with E-state index in [9.17, 15) is 8.42 Å². The summed E-state index contributed by atoms with van der Waals surface area (Å²) in [7, 11) is -1.81. The van der Waals surface area contributed by atoms with Crippen LogP contribution in [-0.2, 0) is 10.0 Å². The first-order valence-electron chi connectivity index (χ1n) is 8.96. The van der Waals surface area contributed by atoms with Crippen LogP contribution >= 0.6 is 0 Å². The average molecular weight is 350 g/mol. The van der Waals surface area contributed by atoms with Crippen LogP contribution in [0.5, 0.6) is 5.75 Å². The Morgan fingerprint density at radius 1 is 1.00 bits per heavy atom. The van der Waals surface area contributed by atoms with E-state index in [-0.39, 0.29) is 0 Å². The van der Waals surface area contributed by atoms with Crippen LogP contribution in [0.2, 0.25) is 0 Å². The maximum absolute atomic E-state index is 12.8. The van der Waals surface area contributed by atoms with Gasteiger partial charge in [-0.2, -0.15) is 4.31 Å². The highest BCUT2D eigenvalue weighted by Gasteiger charge is 2.43. The summed E-state index contributed by atoms with van der Waals surface area (Å²) >= 11 is 0. The number of sulfonamides is 1. The lowest BCUT2D eigenvalue weighted by Gasteiger charge is -2.40. The molecule has 3 atom stereocenters. The summed E-state index contributed by atoms with van der Waals surface area (Å²) in [5.41, 5.74) is 0. The van der Waals surface area contributed by atoms with Crippen LogP contribution in [0.15, 0.2) is 29.2 Å². The van der Waals surface area contributed by atoms with Crippen LogP contribution in [0.4, 0.5) is 0 Å². The fraction of sp³-hybridized carbons (Fsp3) is 0.667. The molecule has 2 saturated carbocycles. The zero-order valence-electron chi connectivity index (χ0n) is 14.2. The zero-order chi connectivity index (χ0) is 16.7. The Morgan fingerprint density at radius 3 is 2.25 bits per heavy atom. The van der Waals surface area contributed by atoms with Gasteiger partial charge in [-0.3, -0.25) is 4.90 Å². The number of rotatable bonds is 4. The predicted octanol–water partition coefficient (Wildman–Crippen LogP) is 2.19. The summed E-state index contributed by atoms with van der Waals surface area (Å²) in [5, 5.41) is 0. The molecule has 0 unspecified atom stereocenters. The molecular weight excluding hydrogens is 324 g/mol. The Morgan fingerprint density at radius 2 is 1.71 bits per heavy atom. The Labute approximate surface area is 144 Å². The monoisotopic (exact) mass is 350 g/mol.